The summed E-state index contributed by atoms with van der Waals surface area (Å²) in [5.41, 5.74) is 7.50. The molecule has 0 spiro atoms. The number of nitrogens with two attached hydrogens (primary N) is 1. The first-order chi connectivity index (χ1) is 4.79. The molecule has 0 saturated heterocycles. The molecule has 3 N–H and O–H groups in total. The molecule has 4 nitrogen and oxygen atoms in total. The van der Waals surface area contributed by atoms with Gasteiger partial charge in [0.25, 0.3) is 0 Å². The molecule has 0 unspecified atom stereocenters. The second kappa shape index (κ2) is 3.53. The molecule has 1 rings (SSSR count). The average molecular weight is 144 g/mol. The lowest BCUT2D eigenvalue weighted by Gasteiger charge is -2.00. The van der Waals surface area contributed by atoms with E-state index in [1.54, 1.807) is 0 Å². The van der Waals surface area contributed by atoms with Crippen molar-refractivity contribution in [3.63, 3.8) is 0 Å². The minimum absolute atomic E-state index is 0.0350. The Morgan fingerprint density at radius 2 is 2.40 bits per heavy atom. The first-order valence-corrected chi connectivity index (χ1v) is 3.42. The summed E-state index contributed by atoms with van der Waals surface area (Å²) in [5.74, 6) is 0.316. The van der Waals surface area contributed by atoms with Crippen LogP contribution >= 0.6 is 0 Å². The summed E-state index contributed by atoms with van der Waals surface area (Å²) in [6.45, 7) is 0.806. The number of carbonyl (C=O) groups is 1. The van der Waals surface area contributed by atoms with Crippen molar-refractivity contribution in [3.05, 3.63) is 0 Å². The number of hydroxylamine groups is 1. The summed E-state index contributed by atoms with van der Waals surface area (Å²) < 4.78 is 0. The number of amides is 1. The zero-order valence-corrected chi connectivity index (χ0v) is 5.80. The van der Waals surface area contributed by atoms with Crippen molar-refractivity contribution >= 4 is 5.91 Å². The normalized spacial score (nSPS) is 17.2. The van der Waals surface area contributed by atoms with E-state index in [0.717, 1.165) is 12.5 Å². The van der Waals surface area contributed by atoms with Crippen molar-refractivity contribution in [2.75, 3.05) is 13.2 Å². The number of hydrogen-bond acceptors (Lipinski definition) is 3. The van der Waals surface area contributed by atoms with Gasteiger partial charge in [-0.25, -0.2) is 5.48 Å². The summed E-state index contributed by atoms with van der Waals surface area (Å²) in [6.07, 6.45) is 2.54. The molecule has 0 atom stereocenters. The lowest BCUT2D eigenvalue weighted by molar-refractivity contribution is -0.125. The SMILES string of the molecule is NC(=O)CONCC1CC1. The summed E-state index contributed by atoms with van der Waals surface area (Å²) in [7, 11) is 0. The molecular weight excluding hydrogens is 132 g/mol. The van der Waals surface area contributed by atoms with Crippen LogP contribution in [0.1, 0.15) is 12.8 Å². The zero-order valence-electron chi connectivity index (χ0n) is 5.80. The predicted molar refractivity (Wildman–Crippen MR) is 35.9 cm³/mol. The summed E-state index contributed by atoms with van der Waals surface area (Å²) in [4.78, 5) is 14.8. The average Bonchev–Trinajstić information content (AvgIpc) is 2.62. The van der Waals surface area contributed by atoms with E-state index in [1.165, 1.54) is 12.8 Å². The van der Waals surface area contributed by atoms with Crippen LogP contribution in [0.4, 0.5) is 0 Å². The van der Waals surface area contributed by atoms with E-state index >= 15 is 0 Å². The molecule has 4 heteroatoms. The van der Waals surface area contributed by atoms with Crippen molar-refractivity contribution in [1.29, 1.82) is 0 Å². The van der Waals surface area contributed by atoms with Crippen LogP contribution in [0.25, 0.3) is 0 Å². The maximum absolute atomic E-state index is 10.1. The summed E-state index contributed by atoms with van der Waals surface area (Å²) >= 11 is 0. The highest BCUT2D eigenvalue weighted by Gasteiger charge is 2.20. The standard InChI is InChI=1S/C6H12N2O2/c7-6(9)4-10-8-3-5-1-2-5/h5,8H,1-4H2,(H2,7,9). The molecule has 1 aliphatic rings. The van der Waals surface area contributed by atoms with Gasteiger partial charge < -0.3 is 5.73 Å². The first kappa shape index (κ1) is 7.50. The molecule has 0 aromatic heterocycles. The first-order valence-electron chi connectivity index (χ1n) is 3.42. The molecule has 0 aliphatic heterocycles. The number of rotatable bonds is 5. The lowest BCUT2D eigenvalue weighted by Crippen LogP contribution is -2.25. The molecule has 0 aromatic carbocycles. The monoisotopic (exact) mass is 144 g/mol. The highest BCUT2D eigenvalue weighted by molar-refractivity contribution is 5.74. The van der Waals surface area contributed by atoms with Crippen molar-refractivity contribution in [2.24, 2.45) is 11.7 Å². The molecule has 0 heterocycles. The van der Waals surface area contributed by atoms with E-state index in [2.05, 4.69) is 5.48 Å². The third-order valence-corrected chi connectivity index (χ3v) is 1.39. The maximum atomic E-state index is 10.1. The fourth-order valence-corrected chi connectivity index (χ4v) is 0.621. The minimum atomic E-state index is -0.441. The van der Waals surface area contributed by atoms with Gasteiger partial charge in [-0.15, -0.1) is 0 Å². The predicted octanol–water partition coefficient (Wildman–Crippen LogP) is -0.597. The Bertz CT molecular complexity index is 123. The fourth-order valence-electron chi connectivity index (χ4n) is 0.621. The zero-order chi connectivity index (χ0) is 7.40. The minimum Gasteiger partial charge on any atom is -0.368 e. The highest BCUT2D eigenvalue weighted by Crippen LogP contribution is 2.27. The van der Waals surface area contributed by atoms with E-state index < -0.39 is 5.91 Å². The second-order valence-corrected chi connectivity index (χ2v) is 2.55. The fraction of sp³-hybridized carbons (Fsp3) is 0.833. The summed E-state index contributed by atoms with van der Waals surface area (Å²) in [6, 6.07) is 0. The molecular formula is C6H12N2O2. The Hall–Kier alpha value is -0.610. The Morgan fingerprint density at radius 1 is 1.70 bits per heavy atom. The second-order valence-electron chi connectivity index (χ2n) is 2.55. The van der Waals surface area contributed by atoms with Crippen LogP contribution in [0.15, 0.2) is 0 Å². The molecule has 0 aromatic rings. The molecule has 1 amide bonds. The molecule has 1 saturated carbocycles. The number of hydrogen-bond donors (Lipinski definition) is 2. The van der Waals surface area contributed by atoms with Gasteiger partial charge in [0.15, 0.2) is 0 Å². The number of carbonyl (C=O) groups excluding carboxylic acids is 1. The largest absolute Gasteiger partial charge is 0.368 e. The van der Waals surface area contributed by atoms with Gasteiger partial charge in [-0.05, 0) is 18.8 Å². The van der Waals surface area contributed by atoms with Gasteiger partial charge in [-0.3, -0.25) is 9.63 Å². The molecule has 1 fully saturated rings. The van der Waals surface area contributed by atoms with Crippen molar-refractivity contribution in [1.82, 2.24) is 5.48 Å². The maximum Gasteiger partial charge on any atom is 0.245 e. The van der Waals surface area contributed by atoms with Crippen LogP contribution in [0.2, 0.25) is 0 Å². The van der Waals surface area contributed by atoms with Gasteiger partial charge in [0.2, 0.25) is 5.91 Å². The Balaban J connectivity index is 1.80. The van der Waals surface area contributed by atoms with E-state index in [-0.39, 0.29) is 6.61 Å². The lowest BCUT2D eigenvalue weighted by atomic mass is 10.4. The molecule has 0 bridgehead atoms. The number of nitrogens with one attached hydrogen (secondary N) is 1. The smallest absolute Gasteiger partial charge is 0.245 e. The van der Waals surface area contributed by atoms with Crippen LogP contribution in [0.5, 0.6) is 0 Å². The molecule has 1 aliphatic carbocycles. The van der Waals surface area contributed by atoms with Gasteiger partial charge in [0.05, 0.1) is 0 Å². The van der Waals surface area contributed by atoms with E-state index in [9.17, 15) is 4.79 Å². The van der Waals surface area contributed by atoms with E-state index in [4.69, 9.17) is 10.6 Å². The quantitative estimate of drug-likeness (QED) is 0.400. The van der Waals surface area contributed by atoms with E-state index in [1.807, 2.05) is 0 Å². The Morgan fingerprint density at radius 3 is 2.90 bits per heavy atom. The number of primary amides is 1. The summed E-state index contributed by atoms with van der Waals surface area (Å²) in [5, 5.41) is 0. The van der Waals surface area contributed by atoms with Gasteiger partial charge in [-0.2, -0.15) is 0 Å². The van der Waals surface area contributed by atoms with Gasteiger partial charge in [-0.1, -0.05) is 0 Å². The third kappa shape index (κ3) is 3.42. The van der Waals surface area contributed by atoms with Crippen molar-refractivity contribution < 1.29 is 9.63 Å². The third-order valence-electron chi connectivity index (χ3n) is 1.39. The van der Waals surface area contributed by atoms with Crippen molar-refractivity contribution in [2.45, 2.75) is 12.8 Å². The molecule has 58 valence electrons. The van der Waals surface area contributed by atoms with Crippen LogP contribution < -0.4 is 11.2 Å². The topological polar surface area (TPSA) is 64.4 Å². The van der Waals surface area contributed by atoms with Gasteiger partial charge >= 0.3 is 0 Å². The van der Waals surface area contributed by atoms with Gasteiger partial charge in [0, 0.05) is 6.54 Å². The highest BCUT2D eigenvalue weighted by atomic mass is 16.6. The van der Waals surface area contributed by atoms with Crippen LogP contribution in [0.3, 0.4) is 0 Å². The van der Waals surface area contributed by atoms with Crippen LogP contribution in [-0.2, 0) is 9.63 Å². The van der Waals surface area contributed by atoms with Gasteiger partial charge in [0.1, 0.15) is 6.61 Å². The van der Waals surface area contributed by atoms with Crippen LogP contribution in [-0.4, -0.2) is 19.1 Å². The molecule has 0 radical (unpaired) electrons. The van der Waals surface area contributed by atoms with Crippen LogP contribution in [0, 0.1) is 5.92 Å². The van der Waals surface area contributed by atoms with E-state index in [0.29, 0.717) is 0 Å². The Labute approximate surface area is 59.7 Å². The Kier molecular flexibility index (Phi) is 2.65. The van der Waals surface area contributed by atoms with Crippen molar-refractivity contribution in [3.8, 4) is 0 Å². The molecule has 10 heavy (non-hydrogen) atoms.